The highest BCUT2D eigenvalue weighted by Gasteiger charge is 2.45. The van der Waals surface area contributed by atoms with Gasteiger partial charge in [0, 0.05) is 18.0 Å². The molecule has 0 bridgehead atoms. The van der Waals surface area contributed by atoms with Gasteiger partial charge in [-0.05, 0) is 30.9 Å². The molecule has 108 valence electrons. The molecular weight excluding hydrogens is 268 g/mol. The van der Waals surface area contributed by atoms with Gasteiger partial charge in [-0.2, -0.15) is 0 Å². The topological polar surface area (TPSA) is 66.4 Å². The van der Waals surface area contributed by atoms with E-state index in [-0.39, 0.29) is 24.2 Å². The standard InChI is InChI=1S/C14H15F2NO3/c1-7(4-13(18)19)17-14(20)11-6-10(11)9-3-2-8(15)5-12(9)16/h2-3,5,7,10-11H,4,6H2,1H3,(H,17,20)(H,18,19). The first-order valence-corrected chi connectivity index (χ1v) is 6.35. The number of carboxylic acids is 1. The van der Waals surface area contributed by atoms with Gasteiger partial charge >= 0.3 is 5.97 Å². The van der Waals surface area contributed by atoms with E-state index < -0.39 is 23.6 Å². The highest BCUT2D eigenvalue weighted by molar-refractivity contribution is 5.83. The predicted molar refractivity (Wildman–Crippen MR) is 67.1 cm³/mol. The van der Waals surface area contributed by atoms with E-state index in [1.54, 1.807) is 6.92 Å². The van der Waals surface area contributed by atoms with Crippen molar-refractivity contribution >= 4 is 11.9 Å². The Morgan fingerprint density at radius 1 is 1.45 bits per heavy atom. The molecule has 6 heteroatoms. The highest BCUT2D eigenvalue weighted by atomic mass is 19.1. The van der Waals surface area contributed by atoms with Crippen molar-refractivity contribution in [3.63, 3.8) is 0 Å². The zero-order valence-corrected chi connectivity index (χ0v) is 10.9. The number of aliphatic carboxylic acids is 1. The van der Waals surface area contributed by atoms with Crippen LogP contribution in [0.3, 0.4) is 0 Å². The summed E-state index contributed by atoms with van der Waals surface area (Å²) in [5, 5.41) is 11.2. The Kier molecular flexibility index (Phi) is 4.01. The molecule has 2 rings (SSSR count). The molecule has 1 aromatic rings. The minimum absolute atomic E-state index is 0.159. The van der Waals surface area contributed by atoms with Crippen LogP contribution in [0.5, 0.6) is 0 Å². The summed E-state index contributed by atoms with van der Waals surface area (Å²) in [5.74, 6) is -3.20. The van der Waals surface area contributed by atoms with Gasteiger partial charge in [0.05, 0.1) is 6.42 Å². The minimum atomic E-state index is -0.991. The lowest BCUT2D eigenvalue weighted by Gasteiger charge is -2.11. The normalized spacial score (nSPS) is 22.1. The Morgan fingerprint density at radius 3 is 2.75 bits per heavy atom. The second kappa shape index (κ2) is 5.56. The van der Waals surface area contributed by atoms with Crippen LogP contribution >= 0.6 is 0 Å². The average molecular weight is 283 g/mol. The second-order valence-corrected chi connectivity index (χ2v) is 5.12. The number of benzene rings is 1. The zero-order valence-electron chi connectivity index (χ0n) is 10.9. The van der Waals surface area contributed by atoms with Crippen molar-refractivity contribution in [1.82, 2.24) is 5.32 Å². The van der Waals surface area contributed by atoms with E-state index in [9.17, 15) is 18.4 Å². The molecular formula is C14H15F2NO3. The number of hydrogen-bond acceptors (Lipinski definition) is 2. The van der Waals surface area contributed by atoms with Gasteiger partial charge in [0.15, 0.2) is 0 Å². The third-order valence-electron chi connectivity index (χ3n) is 3.36. The molecule has 4 nitrogen and oxygen atoms in total. The van der Waals surface area contributed by atoms with Crippen molar-refractivity contribution in [2.24, 2.45) is 5.92 Å². The van der Waals surface area contributed by atoms with Gasteiger partial charge in [-0.15, -0.1) is 0 Å². The molecule has 0 spiro atoms. The molecule has 0 aromatic heterocycles. The summed E-state index contributed by atoms with van der Waals surface area (Å²) in [4.78, 5) is 22.4. The van der Waals surface area contributed by atoms with Crippen LogP contribution in [-0.4, -0.2) is 23.0 Å². The number of hydrogen-bond donors (Lipinski definition) is 2. The van der Waals surface area contributed by atoms with Crippen molar-refractivity contribution in [2.45, 2.75) is 31.7 Å². The second-order valence-electron chi connectivity index (χ2n) is 5.12. The average Bonchev–Trinajstić information content (AvgIpc) is 3.07. The summed E-state index contributed by atoms with van der Waals surface area (Å²) in [6.45, 7) is 1.60. The van der Waals surface area contributed by atoms with Crippen LogP contribution < -0.4 is 5.32 Å². The number of carbonyl (C=O) groups excluding carboxylic acids is 1. The smallest absolute Gasteiger partial charge is 0.305 e. The Balaban J connectivity index is 1.94. The summed E-state index contributed by atoms with van der Waals surface area (Å²) < 4.78 is 26.4. The fourth-order valence-electron chi connectivity index (χ4n) is 2.29. The fourth-order valence-corrected chi connectivity index (χ4v) is 2.29. The van der Waals surface area contributed by atoms with Crippen LogP contribution in [0, 0.1) is 17.6 Å². The molecule has 20 heavy (non-hydrogen) atoms. The number of amides is 1. The predicted octanol–water partition coefficient (Wildman–Crippen LogP) is 2.05. The first-order valence-electron chi connectivity index (χ1n) is 6.35. The van der Waals surface area contributed by atoms with Gasteiger partial charge in [0.1, 0.15) is 11.6 Å². The number of carboxylic acid groups (broad SMARTS) is 1. The number of rotatable bonds is 5. The molecule has 1 amide bonds. The van der Waals surface area contributed by atoms with Crippen LogP contribution in [-0.2, 0) is 9.59 Å². The molecule has 0 aliphatic heterocycles. The maximum absolute atomic E-state index is 13.6. The molecule has 1 saturated carbocycles. The molecule has 2 N–H and O–H groups in total. The number of halogens is 2. The summed E-state index contributed by atoms with van der Waals surface area (Å²) >= 11 is 0. The Labute approximate surface area is 114 Å². The van der Waals surface area contributed by atoms with Crippen molar-refractivity contribution in [1.29, 1.82) is 0 Å². The third kappa shape index (κ3) is 3.31. The van der Waals surface area contributed by atoms with Crippen molar-refractivity contribution in [3.8, 4) is 0 Å². The molecule has 0 radical (unpaired) electrons. The van der Waals surface area contributed by atoms with E-state index in [4.69, 9.17) is 5.11 Å². The molecule has 0 heterocycles. The van der Waals surface area contributed by atoms with Gasteiger partial charge in [-0.1, -0.05) is 6.07 Å². The van der Waals surface area contributed by atoms with E-state index in [1.165, 1.54) is 12.1 Å². The zero-order chi connectivity index (χ0) is 14.9. The highest BCUT2D eigenvalue weighted by Crippen LogP contribution is 2.48. The summed E-state index contributed by atoms with van der Waals surface area (Å²) in [6.07, 6.45) is 0.336. The lowest BCUT2D eigenvalue weighted by atomic mass is 10.1. The number of carbonyl (C=O) groups is 2. The number of nitrogens with one attached hydrogen (secondary N) is 1. The molecule has 1 aliphatic carbocycles. The summed E-state index contributed by atoms with van der Waals surface area (Å²) in [6, 6.07) is 2.84. The van der Waals surface area contributed by atoms with E-state index in [0.29, 0.717) is 12.0 Å². The van der Waals surface area contributed by atoms with Crippen LogP contribution in [0.4, 0.5) is 8.78 Å². The molecule has 1 fully saturated rings. The van der Waals surface area contributed by atoms with E-state index in [1.807, 2.05) is 0 Å². The van der Waals surface area contributed by atoms with Crippen molar-refractivity contribution in [3.05, 3.63) is 35.4 Å². The third-order valence-corrected chi connectivity index (χ3v) is 3.36. The van der Waals surface area contributed by atoms with Gasteiger partial charge in [-0.3, -0.25) is 9.59 Å². The summed E-state index contributed by atoms with van der Waals surface area (Å²) in [5.41, 5.74) is 0.331. The molecule has 3 unspecified atom stereocenters. The van der Waals surface area contributed by atoms with Crippen LogP contribution in [0.1, 0.15) is 31.2 Å². The largest absolute Gasteiger partial charge is 0.481 e. The lowest BCUT2D eigenvalue weighted by molar-refractivity contribution is -0.137. The fraction of sp³-hybridized carbons (Fsp3) is 0.429. The maximum Gasteiger partial charge on any atom is 0.305 e. The van der Waals surface area contributed by atoms with Gasteiger partial charge in [0.25, 0.3) is 0 Å². The Morgan fingerprint density at radius 2 is 2.15 bits per heavy atom. The molecule has 0 saturated heterocycles. The first-order chi connectivity index (χ1) is 9.38. The monoisotopic (exact) mass is 283 g/mol. The lowest BCUT2D eigenvalue weighted by Crippen LogP contribution is -2.35. The van der Waals surface area contributed by atoms with E-state index in [0.717, 1.165) is 6.07 Å². The van der Waals surface area contributed by atoms with E-state index in [2.05, 4.69) is 5.32 Å². The molecule has 1 aliphatic rings. The van der Waals surface area contributed by atoms with Crippen LogP contribution in [0.15, 0.2) is 18.2 Å². The van der Waals surface area contributed by atoms with Gasteiger partial charge in [0.2, 0.25) is 5.91 Å². The molecule has 3 atom stereocenters. The summed E-state index contributed by atoms with van der Waals surface area (Å²) in [7, 11) is 0. The SMILES string of the molecule is CC(CC(=O)O)NC(=O)C1CC1c1ccc(F)cc1F. The maximum atomic E-state index is 13.6. The van der Waals surface area contributed by atoms with Crippen molar-refractivity contribution < 1.29 is 23.5 Å². The van der Waals surface area contributed by atoms with Crippen molar-refractivity contribution in [2.75, 3.05) is 0 Å². The van der Waals surface area contributed by atoms with Gasteiger partial charge in [-0.25, -0.2) is 8.78 Å². The first kappa shape index (κ1) is 14.4. The minimum Gasteiger partial charge on any atom is -0.481 e. The Hall–Kier alpha value is -1.98. The van der Waals surface area contributed by atoms with Crippen LogP contribution in [0.2, 0.25) is 0 Å². The Bertz CT molecular complexity index is 547. The van der Waals surface area contributed by atoms with E-state index >= 15 is 0 Å². The van der Waals surface area contributed by atoms with Crippen LogP contribution in [0.25, 0.3) is 0 Å². The quantitative estimate of drug-likeness (QED) is 0.869. The molecule has 1 aromatic carbocycles. The van der Waals surface area contributed by atoms with Gasteiger partial charge < -0.3 is 10.4 Å².